The molecule has 1 unspecified atom stereocenters. The highest BCUT2D eigenvalue weighted by atomic mass is 35.5. The highest BCUT2D eigenvalue weighted by molar-refractivity contribution is 6.33. The maximum Gasteiger partial charge on any atom is 0.225 e. The SMILES string of the molecule is Fc1ccc(CNc2ncc3nc(-c4ccccc4Cl)n(CC4CCNC4)c3n2)c(F)c1. The van der Waals surface area contributed by atoms with E-state index >= 15 is 0 Å². The lowest BCUT2D eigenvalue weighted by Gasteiger charge is -2.14. The quantitative estimate of drug-likeness (QED) is 0.444. The first-order valence-electron chi connectivity index (χ1n) is 10.4. The molecule has 2 N–H and O–H groups in total. The Morgan fingerprint density at radius 2 is 2.03 bits per heavy atom. The molecule has 1 aliphatic heterocycles. The van der Waals surface area contributed by atoms with Crippen molar-refractivity contribution in [3.8, 4) is 11.4 Å². The van der Waals surface area contributed by atoms with Gasteiger partial charge in [-0.3, -0.25) is 0 Å². The van der Waals surface area contributed by atoms with E-state index in [0.29, 0.717) is 33.6 Å². The number of halogens is 3. The van der Waals surface area contributed by atoms with Crippen LogP contribution in [0.2, 0.25) is 5.02 Å². The van der Waals surface area contributed by atoms with Crippen LogP contribution in [0.3, 0.4) is 0 Å². The van der Waals surface area contributed by atoms with E-state index in [0.717, 1.165) is 43.5 Å². The molecule has 0 radical (unpaired) electrons. The number of aromatic nitrogens is 4. The summed E-state index contributed by atoms with van der Waals surface area (Å²) in [6.45, 7) is 2.80. The second-order valence-electron chi connectivity index (χ2n) is 7.88. The number of nitrogens with one attached hydrogen (secondary N) is 2. The Morgan fingerprint density at radius 3 is 2.81 bits per heavy atom. The highest BCUT2D eigenvalue weighted by Gasteiger charge is 2.22. The van der Waals surface area contributed by atoms with E-state index in [1.54, 1.807) is 6.20 Å². The maximum atomic E-state index is 14.0. The molecule has 0 amide bonds. The Kier molecular flexibility index (Phi) is 5.71. The fourth-order valence-corrected chi connectivity index (χ4v) is 4.21. The van der Waals surface area contributed by atoms with Crippen LogP contribution in [0.5, 0.6) is 0 Å². The number of anilines is 1. The second-order valence-corrected chi connectivity index (χ2v) is 8.28. The van der Waals surface area contributed by atoms with Gasteiger partial charge in [-0.25, -0.2) is 18.7 Å². The summed E-state index contributed by atoms with van der Waals surface area (Å²) < 4.78 is 29.2. The molecule has 3 heterocycles. The van der Waals surface area contributed by atoms with Gasteiger partial charge >= 0.3 is 0 Å². The number of fused-ring (bicyclic) bond motifs is 1. The summed E-state index contributed by atoms with van der Waals surface area (Å²) in [6.07, 6.45) is 2.72. The van der Waals surface area contributed by atoms with Crippen molar-refractivity contribution in [3.63, 3.8) is 0 Å². The minimum Gasteiger partial charge on any atom is -0.350 e. The van der Waals surface area contributed by atoms with Crippen LogP contribution in [0.1, 0.15) is 12.0 Å². The van der Waals surface area contributed by atoms with Gasteiger partial charge in [0.25, 0.3) is 0 Å². The largest absolute Gasteiger partial charge is 0.350 e. The van der Waals surface area contributed by atoms with Gasteiger partial charge in [0.05, 0.1) is 11.2 Å². The van der Waals surface area contributed by atoms with E-state index in [9.17, 15) is 8.78 Å². The Hall–Kier alpha value is -3.10. The van der Waals surface area contributed by atoms with E-state index in [1.165, 1.54) is 12.1 Å². The van der Waals surface area contributed by atoms with Crippen molar-refractivity contribution in [2.24, 2.45) is 5.92 Å². The van der Waals surface area contributed by atoms with E-state index in [4.69, 9.17) is 16.6 Å². The van der Waals surface area contributed by atoms with Gasteiger partial charge < -0.3 is 15.2 Å². The Bertz CT molecular complexity index is 1270. The van der Waals surface area contributed by atoms with Crippen LogP contribution in [-0.4, -0.2) is 32.6 Å². The van der Waals surface area contributed by atoms with Crippen LogP contribution in [-0.2, 0) is 13.1 Å². The van der Waals surface area contributed by atoms with Gasteiger partial charge in [0.2, 0.25) is 5.95 Å². The predicted molar refractivity (Wildman–Crippen MR) is 120 cm³/mol. The molecular formula is C23H21ClF2N6. The topological polar surface area (TPSA) is 67.7 Å². The first kappa shape index (κ1) is 20.8. The third-order valence-electron chi connectivity index (χ3n) is 5.66. The predicted octanol–water partition coefficient (Wildman–Crippen LogP) is 4.65. The van der Waals surface area contributed by atoms with Gasteiger partial charge in [-0.05, 0) is 43.6 Å². The van der Waals surface area contributed by atoms with Gasteiger partial charge in [0, 0.05) is 30.3 Å². The van der Waals surface area contributed by atoms with Crippen molar-refractivity contribution >= 4 is 28.7 Å². The molecule has 4 aromatic rings. The number of hydrogen-bond donors (Lipinski definition) is 2. The highest BCUT2D eigenvalue weighted by Crippen LogP contribution is 2.31. The Balaban J connectivity index is 1.51. The molecule has 6 nitrogen and oxygen atoms in total. The third-order valence-corrected chi connectivity index (χ3v) is 5.99. The first-order valence-corrected chi connectivity index (χ1v) is 10.8. The number of hydrogen-bond acceptors (Lipinski definition) is 5. The number of rotatable bonds is 6. The van der Waals surface area contributed by atoms with Gasteiger partial charge in [-0.15, -0.1) is 0 Å². The number of benzene rings is 2. The van der Waals surface area contributed by atoms with Crippen LogP contribution in [0.25, 0.3) is 22.6 Å². The summed E-state index contributed by atoms with van der Waals surface area (Å²) in [6, 6.07) is 11.1. The van der Waals surface area contributed by atoms with Crippen molar-refractivity contribution in [1.29, 1.82) is 0 Å². The van der Waals surface area contributed by atoms with Crippen molar-refractivity contribution in [2.75, 3.05) is 18.4 Å². The summed E-state index contributed by atoms with van der Waals surface area (Å²) in [5.41, 5.74) is 2.51. The van der Waals surface area contributed by atoms with E-state index in [2.05, 4.69) is 25.2 Å². The zero-order valence-electron chi connectivity index (χ0n) is 17.2. The molecule has 1 saturated heterocycles. The number of nitrogens with zero attached hydrogens (tertiary/aromatic N) is 4. The molecule has 0 bridgehead atoms. The van der Waals surface area contributed by atoms with Gasteiger partial charge in [0.1, 0.15) is 23.0 Å². The molecule has 0 aliphatic carbocycles. The molecule has 5 rings (SSSR count). The molecule has 2 aromatic carbocycles. The van der Waals surface area contributed by atoms with Gasteiger partial charge in [-0.2, -0.15) is 4.98 Å². The lowest BCUT2D eigenvalue weighted by molar-refractivity contribution is 0.490. The average Bonchev–Trinajstić information content (AvgIpc) is 3.42. The molecule has 0 saturated carbocycles. The minimum atomic E-state index is -0.613. The minimum absolute atomic E-state index is 0.135. The average molecular weight is 455 g/mol. The molecule has 1 aliphatic rings. The molecule has 0 spiro atoms. The number of imidazole rings is 1. The summed E-state index contributed by atoms with van der Waals surface area (Å²) in [5, 5.41) is 7.04. The van der Waals surface area contributed by atoms with E-state index in [1.807, 2.05) is 24.3 Å². The maximum absolute atomic E-state index is 14.0. The zero-order valence-corrected chi connectivity index (χ0v) is 17.9. The second kappa shape index (κ2) is 8.80. The summed E-state index contributed by atoms with van der Waals surface area (Å²) >= 11 is 6.47. The van der Waals surface area contributed by atoms with Crippen molar-refractivity contribution in [3.05, 3.63) is 70.9 Å². The standard InChI is InChI=1S/C23H21ClF2N6/c24-18-4-2-1-3-17(18)21-30-20-12-29-23(28-11-15-5-6-16(25)9-19(15)26)31-22(20)32(21)13-14-7-8-27-10-14/h1-6,9,12,14,27H,7-8,10-11,13H2,(H,28,29,31). The summed E-state index contributed by atoms with van der Waals surface area (Å²) in [5.74, 6) is 0.319. The Morgan fingerprint density at radius 1 is 1.16 bits per heavy atom. The van der Waals surface area contributed by atoms with Gasteiger partial charge in [0.15, 0.2) is 5.65 Å². The summed E-state index contributed by atoms with van der Waals surface area (Å²) in [4.78, 5) is 13.8. The Labute approximate surface area is 188 Å². The molecule has 2 aromatic heterocycles. The monoisotopic (exact) mass is 454 g/mol. The first-order chi connectivity index (χ1) is 15.6. The normalized spacial score (nSPS) is 16.0. The molecule has 9 heteroatoms. The van der Waals surface area contributed by atoms with Crippen LogP contribution < -0.4 is 10.6 Å². The lowest BCUT2D eigenvalue weighted by Crippen LogP contribution is -2.16. The van der Waals surface area contributed by atoms with Crippen molar-refractivity contribution in [1.82, 2.24) is 24.8 Å². The van der Waals surface area contributed by atoms with E-state index < -0.39 is 11.6 Å². The lowest BCUT2D eigenvalue weighted by atomic mass is 10.1. The van der Waals surface area contributed by atoms with Crippen LogP contribution in [0.15, 0.2) is 48.7 Å². The third kappa shape index (κ3) is 4.16. The molecule has 32 heavy (non-hydrogen) atoms. The van der Waals surface area contributed by atoms with Crippen molar-refractivity contribution < 1.29 is 8.78 Å². The zero-order chi connectivity index (χ0) is 22.1. The van der Waals surface area contributed by atoms with Crippen molar-refractivity contribution in [2.45, 2.75) is 19.5 Å². The smallest absolute Gasteiger partial charge is 0.225 e. The fraction of sp³-hybridized carbons (Fsp3) is 0.261. The molecule has 1 fully saturated rings. The molecular weight excluding hydrogens is 434 g/mol. The van der Waals surface area contributed by atoms with Crippen LogP contribution in [0, 0.1) is 17.6 Å². The van der Waals surface area contributed by atoms with Gasteiger partial charge in [-0.1, -0.05) is 29.8 Å². The fourth-order valence-electron chi connectivity index (χ4n) is 3.99. The molecule has 164 valence electrons. The summed E-state index contributed by atoms with van der Waals surface area (Å²) in [7, 11) is 0. The van der Waals surface area contributed by atoms with Crippen LogP contribution >= 0.6 is 11.6 Å². The van der Waals surface area contributed by atoms with E-state index in [-0.39, 0.29) is 6.54 Å². The van der Waals surface area contributed by atoms with Crippen LogP contribution in [0.4, 0.5) is 14.7 Å². The molecule has 1 atom stereocenters.